The van der Waals surface area contributed by atoms with Crippen LogP contribution in [0.3, 0.4) is 0 Å². The molecular weight excluding hydrogens is 148 g/mol. The van der Waals surface area contributed by atoms with Crippen LogP contribution in [0, 0.1) is 4.91 Å². The van der Waals surface area contributed by atoms with Gasteiger partial charge in [0, 0.05) is 5.69 Å². The van der Waals surface area contributed by atoms with E-state index in [0.717, 1.165) is 5.69 Å². The molecule has 0 bridgehead atoms. The zero-order valence-corrected chi connectivity index (χ0v) is 6.01. The van der Waals surface area contributed by atoms with Gasteiger partial charge < -0.3 is 4.72 Å². The third-order valence-corrected chi connectivity index (χ3v) is 1.34. The van der Waals surface area contributed by atoms with E-state index in [4.69, 9.17) is 0 Å². The first-order valence-corrected chi connectivity index (χ1v) is 3.15. The molecule has 0 radical (unpaired) electrons. The van der Waals surface area contributed by atoms with Gasteiger partial charge in [-0.2, -0.15) is 0 Å². The van der Waals surface area contributed by atoms with E-state index in [-0.39, 0.29) is 0 Å². The number of nitrogens with zero attached hydrogens (tertiary/aromatic N) is 1. The fraction of sp³-hybridized carbons (Fsp3) is 0. The molecule has 1 aromatic rings. The summed E-state index contributed by atoms with van der Waals surface area (Å²) in [6, 6.07) is 6.76. The van der Waals surface area contributed by atoms with Crippen LogP contribution in [0.2, 0.25) is 0 Å². The van der Waals surface area contributed by atoms with Crippen LogP contribution in [-0.2, 0) is 0 Å². The van der Waals surface area contributed by atoms with Gasteiger partial charge in [-0.05, 0) is 23.4 Å². The van der Waals surface area contributed by atoms with Crippen molar-refractivity contribution in [3.8, 4) is 0 Å². The van der Waals surface area contributed by atoms with E-state index in [1.807, 2.05) is 0 Å². The molecule has 1 aromatic carbocycles. The Morgan fingerprint density at radius 1 is 1.50 bits per heavy atom. The Hall–Kier alpha value is -1.03. The van der Waals surface area contributed by atoms with E-state index in [9.17, 15) is 4.91 Å². The average Bonchev–Trinajstić information content (AvgIpc) is 2.05. The van der Waals surface area contributed by atoms with Crippen molar-refractivity contribution in [2.45, 2.75) is 0 Å². The van der Waals surface area contributed by atoms with Crippen LogP contribution in [-0.4, -0.2) is 0 Å². The molecular formula is C6H6N2OS. The maximum atomic E-state index is 9.97. The van der Waals surface area contributed by atoms with Crippen molar-refractivity contribution in [1.82, 2.24) is 0 Å². The van der Waals surface area contributed by atoms with Crippen molar-refractivity contribution >= 4 is 24.2 Å². The van der Waals surface area contributed by atoms with Gasteiger partial charge in [0.25, 0.3) is 0 Å². The zero-order chi connectivity index (χ0) is 7.40. The first kappa shape index (κ1) is 7.08. The highest BCUT2D eigenvalue weighted by Crippen LogP contribution is 2.17. The summed E-state index contributed by atoms with van der Waals surface area (Å²) in [7, 11) is 0. The molecule has 0 fully saturated rings. The molecule has 52 valence electrons. The van der Waals surface area contributed by atoms with Gasteiger partial charge in [0.05, 0.1) is 0 Å². The molecule has 10 heavy (non-hydrogen) atoms. The fourth-order valence-corrected chi connectivity index (χ4v) is 0.771. The molecule has 3 nitrogen and oxygen atoms in total. The van der Waals surface area contributed by atoms with Crippen LogP contribution in [0.5, 0.6) is 0 Å². The Bertz CT molecular complexity index is 239. The van der Waals surface area contributed by atoms with Crippen LogP contribution >= 0.6 is 12.8 Å². The fourth-order valence-electron chi connectivity index (χ4n) is 0.632. The van der Waals surface area contributed by atoms with Crippen LogP contribution < -0.4 is 4.72 Å². The van der Waals surface area contributed by atoms with Gasteiger partial charge in [0.15, 0.2) is 0 Å². The Morgan fingerprint density at radius 3 is 2.90 bits per heavy atom. The number of hydrogen-bond donors (Lipinski definition) is 2. The lowest BCUT2D eigenvalue weighted by molar-refractivity contribution is 1.50. The van der Waals surface area contributed by atoms with E-state index < -0.39 is 0 Å². The molecule has 0 aliphatic heterocycles. The van der Waals surface area contributed by atoms with Crippen molar-refractivity contribution in [3.05, 3.63) is 29.2 Å². The van der Waals surface area contributed by atoms with Crippen molar-refractivity contribution in [1.29, 1.82) is 0 Å². The smallest absolute Gasteiger partial charge is 0.110 e. The van der Waals surface area contributed by atoms with E-state index in [1.165, 1.54) is 0 Å². The third-order valence-electron chi connectivity index (χ3n) is 1.08. The lowest BCUT2D eigenvalue weighted by Gasteiger charge is -1.95. The Kier molecular flexibility index (Phi) is 2.28. The quantitative estimate of drug-likeness (QED) is 0.507. The monoisotopic (exact) mass is 154 g/mol. The van der Waals surface area contributed by atoms with E-state index in [2.05, 4.69) is 22.7 Å². The second-order valence-electron chi connectivity index (χ2n) is 1.75. The normalized spacial score (nSPS) is 8.90. The lowest BCUT2D eigenvalue weighted by Crippen LogP contribution is -1.76. The molecule has 0 unspecified atom stereocenters. The second kappa shape index (κ2) is 3.22. The molecule has 0 heterocycles. The first-order chi connectivity index (χ1) is 4.86. The minimum Gasteiger partial charge on any atom is -0.332 e. The molecule has 0 spiro atoms. The highest BCUT2D eigenvalue weighted by atomic mass is 32.1. The number of rotatable bonds is 2. The Labute approximate surface area is 64.0 Å². The molecule has 4 heteroatoms. The number of thiol groups is 1. The summed E-state index contributed by atoms with van der Waals surface area (Å²) < 4.78 is 2.60. The van der Waals surface area contributed by atoms with Gasteiger partial charge in [-0.1, -0.05) is 18.9 Å². The summed E-state index contributed by atoms with van der Waals surface area (Å²) >= 11 is 3.80. The van der Waals surface area contributed by atoms with Crippen LogP contribution in [0.1, 0.15) is 0 Å². The molecule has 0 saturated carbocycles. The molecule has 0 amide bonds. The highest BCUT2D eigenvalue weighted by molar-refractivity contribution is 7.81. The molecule has 1 N–H and O–H groups in total. The van der Waals surface area contributed by atoms with E-state index in [0.29, 0.717) is 5.69 Å². The Morgan fingerprint density at radius 2 is 2.30 bits per heavy atom. The van der Waals surface area contributed by atoms with Crippen molar-refractivity contribution < 1.29 is 0 Å². The number of hydrogen-bond acceptors (Lipinski definition) is 4. The van der Waals surface area contributed by atoms with Gasteiger partial charge >= 0.3 is 0 Å². The summed E-state index contributed by atoms with van der Waals surface area (Å²) in [5.74, 6) is 0. The maximum absolute atomic E-state index is 9.97. The van der Waals surface area contributed by atoms with Crippen LogP contribution in [0.15, 0.2) is 29.4 Å². The largest absolute Gasteiger partial charge is 0.332 e. The van der Waals surface area contributed by atoms with Gasteiger partial charge in [-0.3, -0.25) is 0 Å². The molecule has 1 rings (SSSR count). The number of anilines is 1. The van der Waals surface area contributed by atoms with Crippen molar-refractivity contribution in [2.24, 2.45) is 5.18 Å². The maximum Gasteiger partial charge on any atom is 0.110 e. The molecule has 0 aliphatic rings. The molecule has 0 aliphatic carbocycles. The van der Waals surface area contributed by atoms with Gasteiger partial charge in [-0.15, -0.1) is 4.91 Å². The van der Waals surface area contributed by atoms with Gasteiger partial charge in [0.1, 0.15) is 5.69 Å². The van der Waals surface area contributed by atoms with Crippen LogP contribution in [0.25, 0.3) is 0 Å². The predicted molar refractivity (Wildman–Crippen MR) is 44.5 cm³/mol. The molecule has 0 saturated heterocycles. The summed E-state index contributed by atoms with van der Waals surface area (Å²) in [6.45, 7) is 0. The van der Waals surface area contributed by atoms with E-state index in [1.54, 1.807) is 24.3 Å². The first-order valence-electron chi connectivity index (χ1n) is 2.70. The third kappa shape index (κ3) is 1.48. The van der Waals surface area contributed by atoms with Gasteiger partial charge in [-0.25, -0.2) is 0 Å². The minimum atomic E-state index is 0.402. The van der Waals surface area contributed by atoms with Crippen molar-refractivity contribution in [3.63, 3.8) is 0 Å². The number of nitrogens with one attached hydrogen (secondary N) is 1. The van der Waals surface area contributed by atoms with Crippen molar-refractivity contribution in [2.75, 3.05) is 4.72 Å². The van der Waals surface area contributed by atoms with Crippen LogP contribution in [0.4, 0.5) is 11.4 Å². The highest BCUT2D eigenvalue weighted by Gasteiger charge is 1.90. The van der Waals surface area contributed by atoms with Gasteiger partial charge in [0.2, 0.25) is 0 Å². The molecule has 0 atom stereocenters. The standard InChI is InChI=1S/C6H6N2OS/c9-7-5-2-1-3-6(4-5)8-10/h1-4,8,10H. The topological polar surface area (TPSA) is 41.5 Å². The van der Waals surface area contributed by atoms with E-state index >= 15 is 0 Å². The number of nitroso groups, excluding NO2 is 1. The SMILES string of the molecule is O=Nc1cccc(NS)c1. The Balaban J connectivity index is 2.98. The average molecular weight is 154 g/mol. The summed E-state index contributed by atoms with van der Waals surface area (Å²) in [6.07, 6.45) is 0. The minimum absolute atomic E-state index is 0.402. The predicted octanol–water partition coefficient (Wildman–Crippen LogP) is 2.34. The summed E-state index contributed by atoms with van der Waals surface area (Å²) in [4.78, 5) is 9.97. The summed E-state index contributed by atoms with van der Waals surface area (Å²) in [5, 5.41) is 2.76. The summed E-state index contributed by atoms with van der Waals surface area (Å²) in [5.41, 5.74) is 1.17. The molecule has 0 aromatic heterocycles. The lowest BCUT2D eigenvalue weighted by atomic mass is 10.3. The zero-order valence-electron chi connectivity index (χ0n) is 5.11. The number of benzene rings is 1. The second-order valence-corrected chi connectivity index (χ2v) is 1.98.